The first-order chi connectivity index (χ1) is 18.8. The summed E-state index contributed by atoms with van der Waals surface area (Å²) in [5.41, 5.74) is 3.68. The first-order valence-corrected chi connectivity index (χ1v) is 12.4. The average Bonchev–Trinajstić information content (AvgIpc) is 3.36. The second-order valence-electron chi connectivity index (χ2n) is 9.29. The van der Waals surface area contributed by atoms with E-state index in [0.29, 0.717) is 47.0 Å². The van der Waals surface area contributed by atoms with Gasteiger partial charge in [0.2, 0.25) is 0 Å². The number of ether oxygens (including phenoxy) is 2. The van der Waals surface area contributed by atoms with E-state index in [9.17, 15) is 14.9 Å². The van der Waals surface area contributed by atoms with Crippen LogP contribution in [0.15, 0.2) is 76.1 Å². The summed E-state index contributed by atoms with van der Waals surface area (Å²) in [5, 5.41) is 19.0. The fraction of sp³-hybridized carbons (Fsp3) is 0.321. The Morgan fingerprint density at radius 1 is 1.10 bits per heavy atom. The van der Waals surface area contributed by atoms with E-state index in [4.69, 9.17) is 14.0 Å². The Bertz CT molecular complexity index is 1400. The lowest BCUT2D eigenvalue weighted by Gasteiger charge is -2.30. The molecule has 0 saturated carbocycles. The number of dihydropyridines is 1. The van der Waals surface area contributed by atoms with Gasteiger partial charge in [0, 0.05) is 42.8 Å². The zero-order valence-electron chi connectivity index (χ0n) is 22.3. The smallest absolute Gasteiger partial charge is 0.336 e. The van der Waals surface area contributed by atoms with Gasteiger partial charge in [0.1, 0.15) is 6.61 Å². The Balaban J connectivity index is 1.69. The summed E-state index contributed by atoms with van der Waals surface area (Å²) >= 11 is 0. The number of benzene rings is 2. The molecule has 0 radical (unpaired) electrons. The van der Waals surface area contributed by atoms with Crippen LogP contribution in [0.3, 0.4) is 0 Å². The summed E-state index contributed by atoms with van der Waals surface area (Å²) in [6.07, 6.45) is 0. The Morgan fingerprint density at radius 3 is 2.59 bits per heavy atom. The van der Waals surface area contributed by atoms with Crippen LogP contribution < -0.4 is 5.32 Å². The molecule has 3 aromatic rings. The molecule has 1 aliphatic rings. The number of hydrogen-bond acceptors (Lipinski definition) is 10. The van der Waals surface area contributed by atoms with Gasteiger partial charge in [0.25, 0.3) is 11.6 Å². The highest BCUT2D eigenvalue weighted by molar-refractivity contribution is 5.97. The molecule has 1 N–H and O–H groups in total. The van der Waals surface area contributed by atoms with Gasteiger partial charge in [0.05, 0.1) is 29.6 Å². The number of nitro benzene ring substituents is 1. The third kappa shape index (κ3) is 6.57. The normalized spacial score (nSPS) is 15.5. The van der Waals surface area contributed by atoms with Crippen LogP contribution in [0, 0.1) is 10.1 Å². The third-order valence-electron chi connectivity index (χ3n) is 6.32. The summed E-state index contributed by atoms with van der Waals surface area (Å²) in [5.74, 6) is -0.622. The minimum Gasteiger partial charge on any atom is -0.460 e. The molecule has 4 rings (SSSR count). The maximum Gasteiger partial charge on any atom is 0.336 e. The van der Waals surface area contributed by atoms with Crippen LogP contribution in [-0.2, 0) is 27.4 Å². The summed E-state index contributed by atoms with van der Waals surface area (Å²) in [6, 6.07) is 16.2. The molecule has 0 spiro atoms. The molecule has 11 heteroatoms. The second kappa shape index (κ2) is 12.5. The van der Waals surface area contributed by atoms with E-state index in [1.807, 2.05) is 44.3 Å². The van der Waals surface area contributed by atoms with Crippen LogP contribution in [0.25, 0.3) is 5.57 Å². The van der Waals surface area contributed by atoms with Crippen LogP contribution in [0.4, 0.5) is 5.69 Å². The molecular formula is C28H31N5O6. The molecular weight excluding hydrogens is 502 g/mol. The average molecular weight is 534 g/mol. The van der Waals surface area contributed by atoms with Crippen LogP contribution in [0.1, 0.15) is 42.6 Å². The molecule has 2 heterocycles. The highest BCUT2D eigenvalue weighted by atomic mass is 16.6. The lowest BCUT2D eigenvalue weighted by atomic mass is 9.80. The van der Waals surface area contributed by atoms with E-state index in [1.165, 1.54) is 19.2 Å². The van der Waals surface area contributed by atoms with Gasteiger partial charge in [-0.15, -0.1) is 0 Å². The molecule has 39 heavy (non-hydrogen) atoms. The van der Waals surface area contributed by atoms with Gasteiger partial charge in [0.15, 0.2) is 5.82 Å². The van der Waals surface area contributed by atoms with Gasteiger partial charge >= 0.3 is 5.97 Å². The summed E-state index contributed by atoms with van der Waals surface area (Å²) < 4.78 is 16.2. The first kappa shape index (κ1) is 27.7. The van der Waals surface area contributed by atoms with Crippen molar-refractivity contribution in [1.82, 2.24) is 20.4 Å². The molecule has 0 fully saturated rings. The Labute approximate surface area is 226 Å². The van der Waals surface area contributed by atoms with Crippen molar-refractivity contribution in [3.05, 3.63) is 105 Å². The van der Waals surface area contributed by atoms with Crippen molar-refractivity contribution in [2.24, 2.45) is 0 Å². The number of aromatic nitrogens is 2. The number of nitro groups is 1. The predicted molar refractivity (Wildman–Crippen MR) is 143 cm³/mol. The molecule has 1 atom stereocenters. The van der Waals surface area contributed by atoms with E-state index in [0.717, 1.165) is 5.56 Å². The summed E-state index contributed by atoms with van der Waals surface area (Å²) in [4.78, 5) is 31.1. The molecule has 0 bridgehead atoms. The number of carbonyl (C=O) groups is 1. The Morgan fingerprint density at radius 2 is 1.87 bits per heavy atom. The molecule has 0 saturated heterocycles. The van der Waals surface area contributed by atoms with Crippen molar-refractivity contribution in [2.75, 3.05) is 27.4 Å². The number of rotatable bonds is 11. The lowest BCUT2D eigenvalue weighted by Crippen LogP contribution is -2.29. The summed E-state index contributed by atoms with van der Waals surface area (Å²) in [6.45, 7) is 5.02. The van der Waals surface area contributed by atoms with E-state index in [2.05, 4.69) is 20.4 Å². The second-order valence-corrected chi connectivity index (χ2v) is 9.29. The van der Waals surface area contributed by atoms with Crippen LogP contribution in [0.2, 0.25) is 0 Å². The Hall–Kier alpha value is -4.35. The largest absolute Gasteiger partial charge is 0.460 e. The fourth-order valence-electron chi connectivity index (χ4n) is 4.61. The monoisotopic (exact) mass is 533 g/mol. The molecule has 1 unspecified atom stereocenters. The number of esters is 1. The number of hydrogen-bond donors (Lipinski definition) is 1. The fourth-order valence-corrected chi connectivity index (χ4v) is 4.61. The van der Waals surface area contributed by atoms with Gasteiger partial charge < -0.3 is 19.3 Å². The lowest BCUT2D eigenvalue weighted by molar-refractivity contribution is -0.384. The van der Waals surface area contributed by atoms with Crippen LogP contribution in [0.5, 0.6) is 0 Å². The van der Waals surface area contributed by atoms with E-state index >= 15 is 0 Å². The van der Waals surface area contributed by atoms with Gasteiger partial charge in [-0.05, 0) is 32.0 Å². The maximum absolute atomic E-state index is 13.3. The quantitative estimate of drug-likeness (QED) is 0.165. The maximum atomic E-state index is 13.3. The number of methoxy groups -OCH3 is 1. The third-order valence-corrected chi connectivity index (χ3v) is 6.32. The summed E-state index contributed by atoms with van der Waals surface area (Å²) in [7, 11) is 3.48. The van der Waals surface area contributed by atoms with Crippen molar-refractivity contribution < 1.29 is 23.7 Å². The van der Waals surface area contributed by atoms with Crippen molar-refractivity contribution in [2.45, 2.75) is 32.9 Å². The minimum absolute atomic E-state index is 0.0598. The number of nitrogens with zero attached hydrogens (tertiary/aromatic N) is 4. The van der Waals surface area contributed by atoms with Crippen LogP contribution >= 0.6 is 0 Å². The van der Waals surface area contributed by atoms with Crippen LogP contribution in [-0.4, -0.2) is 53.3 Å². The van der Waals surface area contributed by atoms with E-state index < -0.39 is 16.8 Å². The van der Waals surface area contributed by atoms with E-state index in [1.54, 1.807) is 19.1 Å². The molecule has 1 aliphatic heterocycles. The van der Waals surface area contributed by atoms with Gasteiger partial charge in [-0.3, -0.25) is 15.0 Å². The molecule has 204 valence electrons. The topological polar surface area (TPSA) is 133 Å². The zero-order valence-corrected chi connectivity index (χ0v) is 22.3. The molecule has 2 aromatic carbocycles. The number of non-ortho nitro benzene ring substituents is 1. The molecule has 1 aromatic heterocycles. The van der Waals surface area contributed by atoms with Crippen molar-refractivity contribution in [3.63, 3.8) is 0 Å². The molecule has 0 aliphatic carbocycles. The van der Waals surface area contributed by atoms with Gasteiger partial charge in [-0.1, -0.05) is 47.6 Å². The molecule has 11 nitrogen and oxygen atoms in total. The van der Waals surface area contributed by atoms with Crippen molar-refractivity contribution in [3.8, 4) is 0 Å². The van der Waals surface area contributed by atoms with Crippen molar-refractivity contribution in [1.29, 1.82) is 0 Å². The SMILES string of the molecule is COCCOC(=O)C1=C(C)NC(C)=C(c2nc(CN(C)Cc3ccccc3)no2)C1c1cccc([N+](=O)[O-])c1. The standard InChI is InChI=1S/C28H31N5O6/c1-18-24(27-30-23(31-39-27)17-32(3)16-20-9-6-5-7-10-20)26(21-11-8-12-22(15-21)33(35)36)25(19(2)29-18)28(34)38-14-13-37-4/h5-12,15,26,29H,13-14,16-17H2,1-4H3. The Kier molecular flexibility index (Phi) is 8.84. The number of nitrogens with one attached hydrogen (secondary N) is 1. The minimum atomic E-state index is -0.739. The predicted octanol–water partition coefficient (Wildman–Crippen LogP) is 4.19. The van der Waals surface area contributed by atoms with Gasteiger partial charge in [-0.2, -0.15) is 4.98 Å². The molecule has 0 amide bonds. The van der Waals surface area contributed by atoms with Crippen molar-refractivity contribution >= 4 is 17.2 Å². The number of allylic oxidation sites excluding steroid dienone is 3. The van der Waals surface area contributed by atoms with E-state index in [-0.39, 0.29) is 24.8 Å². The highest BCUT2D eigenvalue weighted by Crippen LogP contribution is 2.43. The first-order valence-electron chi connectivity index (χ1n) is 12.4. The van der Waals surface area contributed by atoms with Gasteiger partial charge in [-0.25, -0.2) is 4.79 Å². The number of carbonyl (C=O) groups excluding carboxylic acids is 1. The highest BCUT2D eigenvalue weighted by Gasteiger charge is 2.37. The zero-order chi connectivity index (χ0) is 27.9.